The van der Waals surface area contributed by atoms with Crippen molar-refractivity contribution in [2.75, 3.05) is 0 Å². The second-order valence-electron chi connectivity index (χ2n) is 20.5. The van der Waals surface area contributed by atoms with E-state index in [1.54, 1.807) is 0 Å². The fraction of sp³-hybridized carbons (Fsp3) is 0. The molecule has 0 radical (unpaired) electrons. The molecule has 0 atom stereocenters. The van der Waals surface area contributed by atoms with E-state index < -0.39 is 0 Å². The first-order chi connectivity index (χ1) is 38.2. The van der Waals surface area contributed by atoms with Gasteiger partial charge in [0.05, 0.1) is 44.1 Å². The topological polar surface area (TPSA) is 32.9 Å². The first-order valence-electron chi connectivity index (χ1n) is 26.4. The molecule has 5 aromatic heterocycles. The van der Waals surface area contributed by atoms with Crippen LogP contribution in [-0.2, 0) is 0 Å². The van der Waals surface area contributed by atoms with Crippen molar-refractivity contribution in [3.8, 4) is 45.0 Å². The van der Waals surface area contributed by atoms with Crippen LogP contribution in [0.2, 0.25) is 0 Å². The van der Waals surface area contributed by atoms with Crippen LogP contribution in [0.1, 0.15) is 0 Å². The molecule has 0 saturated heterocycles. The Hall–Kier alpha value is -10.4. The lowest BCUT2D eigenvalue weighted by atomic mass is 9.98. The maximum absolute atomic E-state index is 6.62. The predicted octanol–water partition coefficient (Wildman–Crippen LogP) is 19.3. The van der Waals surface area contributed by atoms with Gasteiger partial charge in [-0.05, 0) is 156 Å². The van der Waals surface area contributed by atoms with Gasteiger partial charge >= 0.3 is 0 Å². The van der Waals surface area contributed by atoms with Gasteiger partial charge in [-0.1, -0.05) is 133 Å². The lowest BCUT2D eigenvalue weighted by Crippen LogP contribution is -1.94. The molecule has 0 spiro atoms. The number of furan rings is 1. The summed E-state index contributed by atoms with van der Waals surface area (Å²) >= 11 is 0. The van der Waals surface area contributed by atoms with Gasteiger partial charge in [0.1, 0.15) is 11.2 Å². The molecule has 0 amide bonds. The first kappa shape index (κ1) is 42.0. The monoisotopic (exact) mass is 980 g/mol. The summed E-state index contributed by atoms with van der Waals surface area (Å²) in [7, 11) is 0. The van der Waals surface area contributed by atoms with E-state index in [0.717, 1.165) is 55.7 Å². The van der Waals surface area contributed by atoms with Gasteiger partial charge in [0.2, 0.25) is 0 Å². The van der Waals surface area contributed by atoms with Gasteiger partial charge in [-0.25, -0.2) is 0 Å². The van der Waals surface area contributed by atoms with E-state index in [2.05, 4.69) is 285 Å². The van der Waals surface area contributed by atoms with Crippen LogP contribution >= 0.6 is 0 Å². The molecule has 77 heavy (non-hydrogen) atoms. The van der Waals surface area contributed by atoms with Crippen molar-refractivity contribution >= 4 is 109 Å². The molecule has 17 aromatic rings. The molecule has 0 aliphatic carbocycles. The summed E-state index contributed by atoms with van der Waals surface area (Å²) in [5, 5.41) is 12.0. The summed E-state index contributed by atoms with van der Waals surface area (Å²) in [5.74, 6) is 0. The number of aromatic nitrogens is 4. The standard InChI is InChI=1S/C72H44N4O/c1-3-15-49(16-4-1)73-65-25-13-9-21-55(65)57-39-45(27-33-67(57)73)47-29-35-69-59(41-47)60-42-48(46-28-34-68-58(40-46)56-22-10-14-26-66(56)74(68)50-17-5-2-6-18-50)30-36-70(60)76(69)52-32-38-72-62(44-52)61-43-51(31-37-71(61)77-72)75-63-23-11-7-19-53(63)54-20-8-12-24-64(54)75/h1-44H. The molecule has 0 N–H and O–H groups in total. The molecule has 0 bridgehead atoms. The smallest absolute Gasteiger partial charge is 0.135 e. The molecular formula is C72H44N4O. The average Bonchev–Trinajstić information content (AvgIpc) is 4.47. The Labute approximate surface area is 441 Å². The van der Waals surface area contributed by atoms with Crippen LogP contribution < -0.4 is 0 Å². The summed E-state index contributed by atoms with van der Waals surface area (Å²) in [6.07, 6.45) is 0. The van der Waals surface area contributed by atoms with Gasteiger partial charge in [0.25, 0.3) is 0 Å². The van der Waals surface area contributed by atoms with Crippen LogP contribution in [0.15, 0.2) is 271 Å². The maximum Gasteiger partial charge on any atom is 0.135 e. The van der Waals surface area contributed by atoms with Crippen LogP contribution in [-0.4, -0.2) is 18.3 Å². The zero-order valence-corrected chi connectivity index (χ0v) is 41.6. The van der Waals surface area contributed by atoms with Crippen LogP contribution in [0.25, 0.3) is 154 Å². The SMILES string of the molecule is c1ccc(-n2c3ccccc3c3cc(-c4ccc5c(c4)c4cc(-c6ccc7c(c6)c6ccccc6n7-c6ccccc6)ccc4n5-c4ccc5oc6ccc(-n7c8ccccc8c8ccccc87)cc6c5c4)ccc32)cc1. The summed E-state index contributed by atoms with van der Waals surface area (Å²) in [4.78, 5) is 0. The van der Waals surface area contributed by atoms with Crippen molar-refractivity contribution in [1.29, 1.82) is 0 Å². The third-order valence-electron chi connectivity index (χ3n) is 16.3. The number of rotatable bonds is 6. The van der Waals surface area contributed by atoms with Crippen LogP contribution in [0.3, 0.4) is 0 Å². The Balaban J connectivity index is 0.868. The highest BCUT2D eigenvalue weighted by Gasteiger charge is 2.21. The Kier molecular flexibility index (Phi) is 8.77. The summed E-state index contributed by atoms with van der Waals surface area (Å²) in [6, 6.07) is 97.6. The lowest BCUT2D eigenvalue weighted by molar-refractivity contribution is 0.669. The molecule has 0 saturated carbocycles. The highest BCUT2D eigenvalue weighted by Crippen LogP contribution is 2.43. The molecule has 0 aliphatic heterocycles. The molecule has 358 valence electrons. The van der Waals surface area contributed by atoms with Crippen molar-refractivity contribution in [2.24, 2.45) is 0 Å². The van der Waals surface area contributed by atoms with Crippen molar-refractivity contribution in [3.05, 3.63) is 267 Å². The Morgan fingerprint density at radius 2 is 0.455 bits per heavy atom. The van der Waals surface area contributed by atoms with E-state index in [4.69, 9.17) is 4.42 Å². The minimum absolute atomic E-state index is 0.862. The first-order valence-corrected chi connectivity index (χ1v) is 26.4. The van der Waals surface area contributed by atoms with E-state index in [0.29, 0.717) is 0 Å². The highest BCUT2D eigenvalue weighted by molar-refractivity contribution is 6.16. The van der Waals surface area contributed by atoms with Gasteiger partial charge < -0.3 is 22.7 Å². The van der Waals surface area contributed by atoms with Crippen LogP contribution in [0.4, 0.5) is 0 Å². The van der Waals surface area contributed by atoms with Crippen molar-refractivity contribution in [1.82, 2.24) is 18.3 Å². The van der Waals surface area contributed by atoms with Gasteiger partial charge in [-0.15, -0.1) is 0 Å². The normalized spacial score (nSPS) is 12.2. The lowest BCUT2D eigenvalue weighted by Gasteiger charge is -2.10. The zero-order chi connectivity index (χ0) is 50.3. The summed E-state index contributed by atoms with van der Waals surface area (Å²) in [6.45, 7) is 0. The number of fused-ring (bicyclic) bond motifs is 15. The Bertz CT molecular complexity index is 5010. The molecule has 5 heterocycles. The Morgan fingerprint density at radius 3 is 0.805 bits per heavy atom. The molecular weight excluding hydrogens is 937 g/mol. The van der Waals surface area contributed by atoms with Gasteiger partial charge in [-0.3, -0.25) is 0 Å². The van der Waals surface area contributed by atoms with E-state index in [1.807, 2.05) is 0 Å². The van der Waals surface area contributed by atoms with Crippen molar-refractivity contribution in [3.63, 3.8) is 0 Å². The second-order valence-corrected chi connectivity index (χ2v) is 20.5. The molecule has 5 heteroatoms. The maximum atomic E-state index is 6.62. The van der Waals surface area contributed by atoms with E-state index >= 15 is 0 Å². The molecule has 12 aromatic carbocycles. The minimum Gasteiger partial charge on any atom is -0.456 e. The van der Waals surface area contributed by atoms with Crippen molar-refractivity contribution < 1.29 is 4.42 Å². The summed E-state index contributed by atoms with van der Waals surface area (Å²) in [5.41, 5.74) is 20.3. The number of hydrogen-bond acceptors (Lipinski definition) is 1. The molecule has 0 aliphatic rings. The van der Waals surface area contributed by atoms with Crippen LogP contribution in [0, 0.1) is 0 Å². The third-order valence-corrected chi connectivity index (χ3v) is 16.3. The number of para-hydroxylation sites is 6. The molecule has 17 rings (SSSR count). The second kappa shape index (κ2) is 16.1. The Morgan fingerprint density at radius 1 is 0.182 bits per heavy atom. The molecule has 0 unspecified atom stereocenters. The predicted molar refractivity (Wildman–Crippen MR) is 322 cm³/mol. The van der Waals surface area contributed by atoms with Gasteiger partial charge in [0, 0.05) is 76.6 Å². The average molecular weight is 981 g/mol. The fourth-order valence-electron chi connectivity index (χ4n) is 12.9. The minimum atomic E-state index is 0.862. The van der Waals surface area contributed by atoms with E-state index in [1.165, 1.54) is 98.4 Å². The van der Waals surface area contributed by atoms with Gasteiger partial charge in [-0.2, -0.15) is 0 Å². The largest absolute Gasteiger partial charge is 0.456 e. The molecule has 5 nitrogen and oxygen atoms in total. The van der Waals surface area contributed by atoms with E-state index in [9.17, 15) is 0 Å². The number of benzene rings is 12. The van der Waals surface area contributed by atoms with Crippen molar-refractivity contribution in [2.45, 2.75) is 0 Å². The number of hydrogen-bond donors (Lipinski definition) is 0. The summed E-state index contributed by atoms with van der Waals surface area (Å²) < 4.78 is 16.2. The fourth-order valence-corrected chi connectivity index (χ4v) is 12.9. The van der Waals surface area contributed by atoms with E-state index in [-0.39, 0.29) is 0 Å². The van der Waals surface area contributed by atoms with Crippen LogP contribution in [0.5, 0.6) is 0 Å². The quantitative estimate of drug-likeness (QED) is 0.163. The molecule has 0 fully saturated rings. The third kappa shape index (κ3) is 6.17. The zero-order valence-electron chi connectivity index (χ0n) is 41.6. The van der Waals surface area contributed by atoms with Gasteiger partial charge in [0.15, 0.2) is 0 Å². The number of nitrogens with zero attached hydrogens (tertiary/aromatic N) is 4. The highest BCUT2D eigenvalue weighted by atomic mass is 16.3.